The van der Waals surface area contributed by atoms with Gasteiger partial charge in [-0.15, -0.1) is 0 Å². The molecule has 0 heterocycles. The lowest BCUT2D eigenvalue weighted by atomic mass is 9.81. The standard InChI is InChI=1S/C7H13NO/c8-7(5-9)4-6-2-1-3-6/h5-7H,1-4,8H2/t7-/m1/s1. The first-order valence-electron chi connectivity index (χ1n) is 3.54. The van der Waals surface area contributed by atoms with Crippen LogP contribution in [0.15, 0.2) is 0 Å². The molecule has 2 heteroatoms. The first kappa shape index (κ1) is 6.75. The number of nitrogens with two attached hydrogens (primary N) is 1. The van der Waals surface area contributed by atoms with Gasteiger partial charge in [-0.25, -0.2) is 0 Å². The van der Waals surface area contributed by atoms with Crippen LogP contribution in [0.2, 0.25) is 0 Å². The normalized spacial score (nSPS) is 22.8. The molecule has 0 aromatic carbocycles. The van der Waals surface area contributed by atoms with Gasteiger partial charge in [0.05, 0.1) is 6.04 Å². The lowest BCUT2D eigenvalue weighted by molar-refractivity contribution is -0.109. The number of aldehydes is 1. The van der Waals surface area contributed by atoms with Gasteiger partial charge in [-0.3, -0.25) is 0 Å². The second-order valence-electron chi connectivity index (χ2n) is 2.83. The Morgan fingerprint density at radius 1 is 1.67 bits per heavy atom. The van der Waals surface area contributed by atoms with Crippen molar-refractivity contribution in [2.24, 2.45) is 11.7 Å². The van der Waals surface area contributed by atoms with E-state index in [9.17, 15) is 4.79 Å². The van der Waals surface area contributed by atoms with E-state index in [0.29, 0.717) is 0 Å². The van der Waals surface area contributed by atoms with Crippen LogP contribution in [0, 0.1) is 5.92 Å². The number of carbonyl (C=O) groups is 1. The molecule has 1 fully saturated rings. The first-order valence-corrected chi connectivity index (χ1v) is 3.54. The van der Waals surface area contributed by atoms with E-state index in [1.54, 1.807) is 0 Å². The second kappa shape index (κ2) is 2.97. The van der Waals surface area contributed by atoms with Crippen LogP contribution in [-0.4, -0.2) is 12.3 Å². The second-order valence-corrected chi connectivity index (χ2v) is 2.83. The smallest absolute Gasteiger partial charge is 0.136 e. The largest absolute Gasteiger partial charge is 0.322 e. The summed E-state index contributed by atoms with van der Waals surface area (Å²) in [6.07, 6.45) is 5.64. The van der Waals surface area contributed by atoms with E-state index in [1.807, 2.05) is 0 Å². The van der Waals surface area contributed by atoms with Gasteiger partial charge in [0.25, 0.3) is 0 Å². The molecule has 2 nitrogen and oxygen atoms in total. The minimum Gasteiger partial charge on any atom is -0.322 e. The SMILES string of the molecule is N[C@@H](C=O)CC1CCC1. The molecular weight excluding hydrogens is 114 g/mol. The van der Waals surface area contributed by atoms with Crippen LogP contribution in [0.4, 0.5) is 0 Å². The van der Waals surface area contributed by atoms with Gasteiger partial charge < -0.3 is 10.5 Å². The maximum Gasteiger partial charge on any atom is 0.136 e. The summed E-state index contributed by atoms with van der Waals surface area (Å²) >= 11 is 0. The van der Waals surface area contributed by atoms with Gasteiger partial charge in [0.15, 0.2) is 0 Å². The van der Waals surface area contributed by atoms with Crippen molar-refractivity contribution >= 4 is 6.29 Å². The summed E-state index contributed by atoms with van der Waals surface area (Å²) in [6, 6.07) is -0.199. The van der Waals surface area contributed by atoms with Crippen LogP contribution < -0.4 is 5.73 Å². The third kappa shape index (κ3) is 1.79. The Morgan fingerprint density at radius 2 is 2.33 bits per heavy atom. The Kier molecular flexibility index (Phi) is 2.22. The molecular formula is C7H13NO. The van der Waals surface area contributed by atoms with Crippen LogP contribution in [0.25, 0.3) is 0 Å². The van der Waals surface area contributed by atoms with Crippen molar-refractivity contribution in [1.82, 2.24) is 0 Å². The molecule has 0 aliphatic heterocycles. The highest BCUT2D eigenvalue weighted by molar-refractivity contribution is 5.56. The van der Waals surface area contributed by atoms with Crippen molar-refractivity contribution in [3.63, 3.8) is 0 Å². The fourth-order valence-electron chi connectivity index (χ4n) is 1.17. The van der Waals surface area contributed by atoms with E-state index >= 15 is 0 Å². The van der Waals surface area contributed by atoms with Crippen LogP contribution >= 0.6 is 0 Å². The summed E-state index contributed by atoms with van der Waals surface area (Å²) in [5, 5.41) is 0. The van der Waals surface area contributed by atoms with Crippen molar-refractivity contribution in [3.8, 4) is 0 Å². The van der Waals surface area contributed by atoms with E-state index in [-0.39, 0.29) is 6.04 Å². The van der Waals surface area contributed by atoms with Gasteiger partial charge in [-0.05, 0) is 12.3 Å². The minimum atomic E-state index is -0.199. The zero-order chi connectivity index (χ0) is 6.69. The summed E-state index contributed by atoms with van der Waals surface area (Å²) in [6.45, 7) is 0. The minimum absolute atomic E-state index is 0.199. The van der Waals surface area contributed by atoms with Gasteiger partial charge in [0.2, 0.25) is 0 Å². The molecule has 0 saturated heterocycles. The summed E-state index contributed by atoms with van der Waals surface area (Å²) in [5.74, 6) is 0.755. The Balaban J connectivity index is 2.08. The number of carbonyl (C=O) groups excluding carboxylic acids is 1. The van der Waals surface area contributed by atoms with Crippen LogP contribution in [0.5, 0.6) is 0 Å². The number of hydrogen-bond donors (Lipinski definition) is 1. The monoisotopic (exact) mass is 127 g/mol. The van der Waals surface area contributed by atoms with E-state index in [0.717, 1.165) is 18.6 Å². The maximum absolute atomic E-state index is 10.1. The molecule has 0 amide bonds. The van der Waals surface area contributed by atoms with Crippen molar-refractivity contribution in [1.29, 1.82) is 0 Å². The molecule has 1 rings (SSSR count). The van der Waals surface area contributed by atoms with Gasteiger partial charge in [-0.2, -0.15) is 0 Å². The molecule has 2 N–H and O–H groups in total. The molecule has 0 aromatic rings. The lowest BCUT2D eigenvalue weighted by Gasteiger charge is -2.26. The molecule has 9 heavy (non-hydrogen) atoms. The van der Waals surface area contributed by atoms with E-state index in [2.05, 4.69) is 0 Å². The highest BCUT2D eigenvalue weighted by Gasteiger charge is 2.19. The average molecular weight is 127 g/mol. The van der Waals surface area contributed by atoms with E-state index < -0.39 is 0 Å². The number of rotatable bonds is 3. The molecule has 52 valence electrons. The topological polar surface area (TPSA) is 43.1 Å². The van der Waals surface area contributed by atoms with Gasteiger partial charge in [0, 0.05) is 0 Å². The zero-order valence-electron chi connectivity index (χ0n) is 5.55. The van der Waals surface area contributed by atoms with Crippen LogP contribution in [0.1, 0.15) is 25.7 Å². The molecule has 0 unspecified atom stereocenters. The highest BCUT2D eigenvalue weighted by atomic mass is 16.1. The lowest BCUT2D eigenvalue weighted by Crippen LogP contribution is -2.27. The van der Waals surface area contributed by atoms with Crippen molar-refractivity contribution < 1.29 is 4.79 Å². The molecule has 0 spiro atoms. The number of hydrogen-bond acceptors (Lipinski definition) is 2. The predicted octanol–water partition coefficient (Wildman–Crippen LogP) is 0.703. The highest BCUT2D eigenvalue weighted by Crippen LogP contribution is 2.29. The Hall–Kier alpha value is -0.370. The third-order valence-electron chi connectivity index (χ3n) is 2.01. The summed E-state index contributed by atoms with van der Waals surface area (Å²) in [7, 11) is 0. The fraction of sp³-hybridized carbons (Fsp3) is 0.857. The Morgan fingerprint density at radius 3 is 2.67 bits per heavy atom. The molecule has 1 atom stereocenters. The molecule has 0 radical (unpaired) electrons. The quantitative estimate of drug-likeness (QED) is 0.567. The average Bonchev–Trinajstić information content (AvgIpc) is 1.78. The maximum atomic E-state index is 10.1. The summed E-state index contributed by atoms with van der Waals surface area (Å²) < 4.78 is 0. The van der Waals surface area contributed by atoms with Gasteiger partial charge >= 0.3 is 0 Å². The summed E-state index contributed by atoms with van der Waals surface area (Å²) in [4.78, 5) is 10.1. The summed E-state index contributed by atoms with van der Waals surface area (Å²) in [5.41, 5.74) is 5.42. The zero-order valence-corrected chi connectivity index (χ0v) is 5.55. The fourth-order valence-corrected chi connectivity index (χ4v) is 1.17. The first-order chi connectivity index (χ1) is 4.33. The molecule has 1 aliphatic carbocycles. The van der Waals surface area contributed by atoms with E-state index in [4.69, 9.17) is 5.73 Å². The van der Waals surface area contributed by atoms with Gasteiger partial charge in [-0.1, -0.05) is 19.3 Å². The van der Waals surface area contributed by atoms with Crippen molar-refractivity contribution in [2.45, 2.75) is 31.7 Å². The van der Waals surface area contributed by atoms with Crippen LogP contribution in [-0.2, 0) is 4.79 Å². The van der Waals surface area contributed by atoms with Gasteiger partial charge in [0.1, 0.15) is 6.29 Å². The Bertz CT molecular complexity index is 99.1. The predicted molar refractivity (Wildman–Crippen MR) is 36.0 cm³/mol. The van der Waals surface area contributed by atoms with E-state index in [1.165, 1.54) is 19.3 Å². The van der Waals surface area contributed by atoms with Crippen LogP contribution in [0.3, 0.4) is 0 Å². The molecule has 1 saturated carbocycles. The molecule has 0 bridgehead atoms. The third-order valence-corrected chi connectivity index (χ3v) is 2.01. The van der Waals surface area contributed by atoms with Crippen molar-refractivity contribution in [3.05, 3.63) is 0 Å². The molecule has 1 aliphatic rings. The Labute approximate surface area is 55.4 Å². The van der Waals surface area contributed by atoms with Crippen molar-refractivity contribution in [2.75, 3.05) is 0 Å². The molecule has 0 aromatic heterocycles.